The largest absolute Gasteiger partial charge is 0.328 e. The van der Waals surface area contributed by atoms with Gasteiger partial charge in [0, 0.05) is 29.5 Å². The van der Waals surface area contributed by atoms with Gasteiger partial charge >= 0.3 is 0 Å². The molecule has 1 aromatic carbocycles. The number of nitriles is 2. The molecule has 1 aromatic rings. The van der Waals surface area contributed by atoms with E-state index in [4.69, 9.17) is 4.99 Å². The van der Waals surface area contributed by atoms with Crippen molar-refractivity contribution in [3.05, 3.63) is 41.0 Å². The number of benzene rings is 1. The third-order valence-electron chi connectivity index (χ3n) is 10.3. The molecule has 0 aromatic heterocycles. The van der Waals surface area contributed by atoms with Crippen LogP contribution in [0.5, 0.6) is 0 Å². The summed E-state index contributed by atoms with van der Waals surface area (Å²) in [5, 5.41) is 22.1. The molecule has 3 fully saturated rings. The number of fused-ring (bicyclic) bond motifs is 7. The Balaban J connectivity index is 1.53. The van der Waals surface area contributed by atoms with E-state index in [1.165, 1.54) is 0 Å². The normalized spacial score (nSPS) is 38.5. The van der Waals surface area contributed by atoms with Crippen molar-refractivity contribution in [2.75, 3.05) is 4.90 Å². The summed E-state index contributed by atoms with van der Waals surface area (Å²) in [6.07, 6.45) is 5.09. The molecule has 6 bridgehead atoms. The minimum atomic E-state index is -1.41. The average molecular weight is 508 g/mol. The highest BCUT2D eigenvalue weighted by atomic mass is 16.2. The van der Waals surface area contributed by atoms with E-state index in [-0.39, 0.29) is 29.4 Å². The van der Waals surface area contributed by atoms with Crippen LogP contribution in [0.25, 0.3) is 0 Å². The number of hydrogen-bond acceptors (Lipinski definition) is 6. The number of aryl methyl sites for hydroxylation is 1. The van der Waals surface area contributed by atoms with Crippen LogP contribution in [0.4, 0.5) is 5.69 Å². The molecular weight excluding hydrogens is 474 g/mol. The SMILES string of the molecule is Cc1ccc(N2[C@@H]3CCC[C@H]2N=C2N3C(=O)[C@@]3(C#N)[C@@H]4CCC[C@H]3[C@@]2(C#N)C2=C4C(=O)CC(C)(C)C2)cc1. The second-order valence-corrected chi connectivity index (χ2v) is 13.0. The molecule has 7 heteroatoms. The molecular formula is C31H33N5O2. The monoisotopic (exact) mass is 507 g/mol. The Bertz CT molecular complexity index is 1430. The Morgan fingerprint density at radius 1 is 0.974 bits per heavy atom. The van der Waals surface area contributed by atoms with E-state index >= 15 is 0 Å². The standard InChI is InChI=1S/C31H33N5O2/c1-18-10-12-19(13-11-18)35-24-8-5-9-25(35)36-27(34-24)30(16-32)21-14-29(2,3)15-22(37)26(21)20-6-4-7-23(30)31(20,17-33)28(36)38/h10-13,20,23-25H,4-9,14-15H2,1-3H3/t20-,23+,24+,25+,30-,31+/m1/s1. The van der Waals surface area contributed by atoms with Gasteiger partial charge in [-0.1, -0.05) is 38.0 Å². The minimum Gasteiger partial charge on any atom is -0.328 e. The molecule has 1 saturated carbocycles. The van der Waals surface area contributed by atoms with Crippen molar-refractivity contribution >= 4 is 23.2 Å². The van der Waals surface area contributed by atoms with Crippen LogP contribution < -0.4 is 4.90 Å². The highest BCUT2D eigenvalue weighted by Gasteiger charge is 2.76. The van der Waals surface area contributed by atoms with Crippen molar-refractivity contribution < 1.29 is 9.59 Å². The maximum Gasteiger partial charge on any atom is 0.251 e. The quantitative estimate of drug-likeness (QED) is 0.531. The van der Waals surface area contributed by atoms with E-state index in [9.17, 15) is 20.1 Å². The molecule has 0 unspecified atom stereocenters. The first-order chi connectivity index (χ1) is 18.2. The van der Waals surface area contributed by atoms with E-state index in [2.05, 4.69) is 62.1 Å². The fourth-order valence-electron chi connectivity index (χ4n) is 8.91. The molecule has 6 aliphatic rings. The summed E-state index contributed by atoms with van der Waals surface area (Å²) in [5.74, 6) is -0.642. The third-order valence-corrected chi connectivity index (χ3v) is 10.3. The summed E-state index contributed by atoms with van der Waals surface area (Å²) in [6.45, 7) is 6.23. The number of allylic oxidation sites excluding steroid dienone is 1. The second kappa shape index (κ2) is 7.56. The van der Waals surface area contributed by atoms with Crippen molar-refractivity contribution in [1.29, 1.82) is 10.5 Å². The van der Waals surface area contributed by atoms with Crippen LogP contribution in [0.15, 0.2) is 40.4 Å². The molecule has 3 aliphatic heterocycles. The van der Waals surface area contributed by atoms with Gasteiger partial charge in [-0.2, -0.15) is 10.5 Å². The molecule has 194 valence electrons. The number of amides is 1. The maximum atomic E-state index is 14.8. The Kier molecular flexibility index (Phi) is 4.71. The molecule has 3 aliphatic carbocycles. The number of nitrogens with zero attached hydrogens (tertiary/aromatic N) is 5. The summed E-state index contributed by atoms with van der Waals surface area (Å²) < 4.78 is 0. The first kappa shape index (κ1) is 23.7. The highest BCUT2D eigenvalue weighted by molar-refractivity contribution is 6.15. The first-order valence-corrected chi connectivity index (χ1v) is 14.1. The predicted octanol–water partition coefficient (Wildman–Crippen LogP) is 5.03. The second-order valence-electron chi connectivity index (χ2n) is 13.0. The summed E-state index contributed by atoms with van der Waals surface area (Å²) in [4.78, 5) is 37.8. The molecule has 7 nitrogen and oxygen atoms in total. The van der Waals surface area contributed by atoms with Gasteiger partial charge in [-0.3, -0.25) is 14.5 Å². The number of Topliss-reactive ketones (excluding diaryl/α,β-unsaturated/α-hetero) is 1. The van der Waals surface area contributed by atoms with Crippen molar-refractivity contribution in [2.45, 2.75) is 84.5 Å². The fourth-order valence-corrected chi connectivity index (χ4v) is 8.91. The molecule has 6 atom stereocenters. The number of rotatable bonds is 1. The van der Waals surface area contributed by atoms with E-state index in [1.54, 1.807) is 4.90 Å². The number of ketones is 1. The van der Waals surface area contributed by atoms with Crippen LogP contribution in [-0.2, 0) is 9.59 Å². The van der Waals surface area contributed by atoms with Gasteiger partial charge in [-0.15, -0.1) is 0 Å². The highest BCUT2D eigenvalue weighted by Crippen LogP contribution is 2.69. The van der Waals surface area contributed by atoms with Crippen molar-refractivity contribution in [3.8, 4) is 12.1 Å². The zero-order valence-electron chi connectivity index (χ0n) is 22.3. The lowest BCUT2D eigenvalue weighted by atomic mass is 9.40. The number of anilines is 1. The van der Waals surface area contributed by atoms with Crippen LogP contribution >= 0.6 is 0 Å². The summed E-state index contributed by atoms with van der Waals surface area (Å²) >= 11 is 0. The van der Waals surface area contributed by atoms with Crippen LogP contribution in [0.2, 0.25) is 0 Å². The van der Waals surface area contributed by atoms with Gasteiger partial charge in [0.2, 0.25) is 0 Å². The number of piperidine rings is 2. The van der Waals surface area contributed by atoms with Gasteiger partial charge in [-0.25, -0.2) is 4.99 Å². The van der Waals surface area contributed by atoms with Gasteiger partial charge < -0.3 is 4.90 Å². The Morgan fingerprint density at radius 3 is 2.42 bits per heavy atom. The molecule has 38 heavy (non-hydrogen) atoms. The molecule has 7 rings (SSSR count). The van der Waals surface area contributed by atoms with Gasteiger partial charge in [0.25, 0.3) is 5.91 Å². The van der Waals surface area contributed by atoms with E-state index in [0.29, 0.717) is 37.1 Å². The Labute approximate surface area is 223 Å². The molecule has 0 N–H and O–H groups in total. The number of aliphatic imine (C=N–C) groups is 1. The van der Waals surface area contributed by atoms with Crippen molar-refractivity contribution in [3.63, 3.8) is 0 Å². The zero-order chi connectivity index (χ0) is 26.6. The van der Waals surface area contributed by atoms with Crippen LogP contribution in [0, 0.1) is 57.7 Å². The fraction of sp³-hybridized carbons (Fsp3) is 0.581. The lowest BCUT2D eigenvalue weighted by Gasteiger charge is -2.65. The lowest BCUT2D eigenvalue weighted by molar-refractivity contribution is -0.154. The Hall–Kier alpha value is -3.45. The van der Waals surface area contributed by atoms with Crippen molar-refractivity contribution in [2.24, 2.45) is 33.1 Å². The summed E-state index contributed by atoms with van der Waals surface area (Å²) in [7, 11) is 0. The van der Waals surface area contributed by atoms with Crippen LogP contribution in [0.1, 0.15) is 70.8 Å². The molecule has 0 spiro atoms. The van der Waals surface area contributed by atoms with E-state index in [1.807, 2.05) is 0 Å². The average Bonchev–Trinajstić information content (AvgIpc) is 2.87. The number of carbonyl (C=O) groups excluding carboxylic acids is 2. The van der Waals surface area contributed by atoms with Gasteiger partial charge in [0.15, 0.2) is 5.78 Å². The molecule has 2 saturated heterocycles. The van der Waals surface area contributed by atoms with E-state index in [0.717, 1.165) is 42.5 Å². The number of amidine groups is 1. The first-order valence-electron chi connectivity index (χ1n) is 14.1. The van der Waals surface area contributed by atoms with Crippen LogP contribution in [-0.4, -0.2) is 34.8 Å². The van der Waals surface area contributed by atoms with E-state index < -0.39 is 22.7 Å². The van der Waals surface area contributed by atoms with Gasteiger partial charge in [0.1, 0.15) is 29.0 Å². The lowest BCUT2D eigenvalue weighted by Crippen LogP contribution is -2.77. The topological polar surface area (TPSA) is 101 Å². The Morgan fingerprint density at radius 2 is 1.71 bits per heavy atom. The van der Waals surface area contributed by atoms with Crippen LogP contribution in [0.3, 0.4) is 0 Å². The minimum absolute atomic E-state index is 0.0139. The zero-order valence-corrected chi connectivity index (χ0v) is 22.3. The van der Waals surface area contributed by atoms with Gasteiger partial charge in [-0.05, 0) is 68.6 Å². The summed E-state index contributed by atoms with van der Waals surface area (Å²) in [6, 6.07) is 13.5. The maximum absolute atomic E-state index is 14.8. The number of carbonyl (C=O) groups is 2. The molecule has 0 radical (unpaired) electrons. The van der Waals surface area contributed by atoms with Gasteiger partial charge in [0.05, 0.1) is 12.1 Å². The predicted molar refractivity (Wildman–Crippen MR) is 141 cm³/mol. The summed E-state index contributed by atoms with van der Waals surface area (Å²) in [5.41, 5.74) is 0.717. The smallest absolute Gasteiger partial charge is 0.251 e. The van der Waals surface area contributed by atoms with Crippen molar-refractivity contribution in [1.82, 2.24) is 4.90 Å². The number of hydrogen-bond donors (Lipinski definition) is 0. The molecule has 1 amide bonds. The molecule has 3 heterocycles. The third kappa shape index (κ3) is 2.65.